The van der Waals surface area contributed by atoms with Gasteiger partial charge in [-0.2, -0.15) is 20.1 Å². The minimum Gasteiger partial charge on any atom is -0.493 e. The number of esters is 1. The first-order chi connectivity index (χ1) is 19.1. The van der Waals surface area contributed by atoms with Gasteiger partial charge >= 0.3 is 5.97 Å². The summed E-state index contributed by atoms with van der Waals surface area (Å²) in [6.07, 6.45) is 1.61. The summed E-state index contributed by atoms with van der Waals surface area (Å²) in [6, 6.07) is 12.1. The number of nitrogens with zero attached hydrogens (tertiary/aromatic N) is 6. The van der Waals surface area contributed by atoms with Crippen LogP contribution in [0.4, 0.5) is 17.8 Å². The average Bonchev–Trinajstić information content (AvgIpc) is 2.98. The Balaban J connectivity index is 1.30. The van der Waals surface area contributed by atoms with Gasteiger partial charge in [0.1, 0.15) is 0 Å². The first-order valence-corrected chi connectivity index (χ1v) is 13.2. The summed E-state index contributed by atoms with van der Waals surface area (Å²) >= 11 is 3.36. The Kier molecular flexibility index (Phi) is 8.81. The lowest BCUT2D eigenvalue weighted by Gasteiger charge is -2.30. The number of methoxy groups -OCH3 is 1. The second-order valence-corrected chi connectivity index (χ2v) is 9.55. The number of hydrogen-bond donors (Lipinski definition) is 1. The maximum absolute atomic E-state index is 12.6. The van der Waals surface area contributed by atoms with Crippen LogP contribution in [0.15, 0.2) is 52.0 Å². The van der Waals surface area contributed by atoms with E-state index in [-0.39, 0.29) is 0 Å². The molecule has 2 aromatic carbocycles. The average molecular weight is 598 g/mol. The minimum absolute atomic E-state index is 0.301. The van der Waals surface area contributed by atoms with E-state index in [0.29, 0.717) is 87.5 Å². The maximum Gasteiger partial charge on any atom is 0.343 e. The van der Waals surface area contributed by atoms with Gasteiger partial charge in [-0.05, 0) is 42.0 Å². The molecular weight excluding hydrogens is 570 g/mol. The number of nitrogens with one attached hydrogen (secondary N) is 1. The molecule has 12 nitrogen and oxygen atoms in total. The van der Waals surface area contributed by atoms with Gasteiger partial charge in [-0.25, -0.2) is 10.2 Å². The number of hydrazone groups is 1. The second-order valence-electron chi connectivity index (χ2n) is 8.64. The van der Waals surface area contributed by atoms with Crippen LogP contribution in [0, 0.1) is 0 Å². The summed E-state index contributed by atoms with van der Waals surface area (Å²) in [5, 5.41) is 4.32. The fraction of sp³-hybridized carbons (Fsp3) is 0.346. The first-order valence-electron chi connectivity index (χ1n) is 12.5. The van der Waals surface area contributed by atoms with Crippen molar-refractivity contribution >= 4 is 46.0 Å². The number of rotatable bonds is 8. The van der Waals surface area contributed by atoms with Crippen molar-refractivity contribution in [3.8, 4) is 11.5 Å². The van der Waals surface area contributed by atoms with E-state index in [0.717, 1.165) is 10.0 Å². The molecule has 0 unspecified atom stereocenters. The summed E-state index contributed by atoms with van der Waals surface area (Å²) in [4.78, 5) is 30.6. The third kappa shape index (κ3) is 6.99. The molecule has 3 aromatic rings. The summed E-state index contributed by atoms with van der Waals surface area (Å²) in [5.41, 5.74) is 4.07. The smallest absolute Gasteiger partial charge is 0.343 e. The quantitative estimate of drug-likeness (QED) is 0.178. The topological polar surface area (TPSA) is 124 Å². The molecular formula is C26H28BrN7O5. The van der Waals surface area contributed by atoms with Gasteiger partial charge in [-0.3, -0.25) is 0 Å². The van der Waals surface area contributed by atoms with Crippen molar-refractivity contribution in [2.75, 3.05) is 74.9 Å². The van der Waals surface area contributed by atoms with Crippen LogP contribution >= 0.6 is 15.9 Å². The van der Waals surface area contributed by atoms with E-state index in [1.54, 1.807) is 42.6 Å². The van der Waals surface area contributed by atoms with E-state index in [9.17, 15) is 4.79 Å². The van der Waals surface area contributed by atoms with Crippen LogP contribution < -0.4 is 24.7 Å². The van der Waals surface area contributed by atoms with E-state index in [2.05, 4.69) is 46.2 Å². The van der Waals surface area contributed by atoms with Crippen LogP contribution in [-0.2, 0) is 9.47 Å². The number of morpholine rings is 2. The largest absolute Gasteiger partial charge is 0.493 e. The molecule has 0 aliphatic carbocycles. The van der Waals surface area contributed by atoms with Gasteiger partial charge in [0, 0.05) is 30.7 Å². The standard InChI is InChI=1S/C26H28BrN7O5/c1-36-22-15-18(5-6-21(22)39-23(35)19-3-2-4-20(27)16-19)17-28-32-24-29-25(33-7-11-37-12-8-33)31-26(30-24)34-9-13-38-14-10-34/h2-6,15-17H,7-14H2,1H3,(H,29,30,31,32)/b28-17-. The van der Waals surface area contributed by atoms with Crippen molar-refractivity contribution in [3.63, 3.8) is 0 Å². The van der Waals surface area contributed by atoms with Crippen molar-refractivity contribution in [1.82, 2.24) is 15.0 Å². The monoisotopic (exact) mass is 597 g/mol. The molecule has 0 bridgehead atoms. The highest BCUT2D eigenvalue weighted by atomic mass is 79.9. The summed E-state index contributed by atoms with van der Waals surface area (Å²) in [7, 11) is 1.51. The SMILES string of the molecule is COc1cc(/C=N\Nc2nc(N3CCOCC3)nc(N3CCOCC3)n2)ccc1OC(=O)c1cccc(Br)c1. The third-order valence-electron chi connectivity index (χ3n) is 6.03. The normalized spacial score (nSPS) is 15.8. The lowest BCUT2D eigenvalue weighted by molar-refractivity contribution is 0.0729. The number of carbonyl (C=O) groups is 1. The number of anilines is 3. The van der Waals surface area contributed by atoms with E-state index < -0.39 is 5.97 Å². The molecule has 13 heteroatoms. The van der Waals surface area contributed by atoms with Crippen LogP contribution in [0.25, 0.3) is 0 Å². The summed E-state index contributed by atoms with van der Waals surface area (Å²) < 4.78 is 22.7. The zero-order valence-corrected chi connectivity index (χ0v) is 23.0. The van der Waals surface area contributed by atoms with Gasteiger partial charge in [-0.15, -0.1) is 0 Å². The highest BCUT2D eigenvalue weighted by Crippen LogP contribution is 2.29. The summed E-state index contributed by atoms with van der Waals surface area (Å²) in [6.45, 7) is 5.29. The maximum atomic E-state index is 12.6. The predicted octanol–water partition coefficient (Wildman–Crippen LogP) is 2.98. The number of hydrogen-bond acceptors (Lipinski definition) is 12. The molecule has 1 aromatic heterocycles. The molecule has 0 amide bonds. The van der Waals surface area contributed by atoms with Gasteiger partial charge in [0.15, 0.2) is 11.5 Å². The lowest BCUT2D eigenvalue weighted by atomic mass is 10.2. The lowest BCUT2D eigenvalue weighted by Crippen LogP contribution is -2.40. The Morgan fingerprint density at radius 2 is 1.62 bits per heavy atom. The minimum atomic E-state index is -0.486. The highest BCUT2D eigenvalue weighted by molar-refractivity contribution is 9.10. The molecule has 0 atom stereocenters. The number of carbonyl (C=O) groups excluding carboxylic acids is 1. The predicted molar refractivity (Wildman–Crippen MR) is 149 cm³/mol. The van der Waals surface area contributed by atoms with Gasteiger partial charge < -0.3 is 28.7 Å². The number of halogens is 1. The van der Waals surface area contributed by atoms with E-state index in [4.69, 9.17) is 23.9 Å². The highest BCUT2D eigenvalue weighted by Gasteiger charge is 2.20. The Morgan fingerprint density at radius 1 is 0.949 bits per heavy atom. The fourth-order valence-electron chi connectivity index (χ4n) is 4.00. The zero-order valence-electron chi connectivity index (χ0n) is 21.4. The first kappa shape index (κ1) is 26.8. The molecule has 0 saturated carbocycles. The molecule has 0 radical (unpaired) electrons. The zero-order chi connectivity index (χ0) is 27.0. The van der Waals surface area contributed by atoms with Crippen molar-refractivity contribution in [1.29, 1.82) is 0 Å². The molecule has 0 spiro atoms. The van der Waals surface area contributed by atoms with E-state index in [1.165, 1.54) is 7.11 Å². The van der Waals surface area contributed by atoms with Crippen LogP contribution in [-0.4, -0.2) is 86.9 Å². The van der Waals surface area contributed by atoms with Crippen molar-refractivity contribution < 1.29 is 23.7 Å². The van der Waals surface area contributed by atoms with Crippen LogP contribution in [0.5, 0.6) is 11.5 Å². The van der Waals surface area contributed by atoms with Crippen LogP contribution in [0.2, 0.25) is 0 Å². The van der Waals surface area contributed by atoms with Gasteiger partial charge in [0.05, 0.1) is 45.3 Å². The number of benzene rings is 2. The Bertz CT molecular complexity index is 1290. The summed E-state index contributed by atoms with van der Waals surface area (Å²) in [5.74, 6) is 1.69. The van der Waals surface area contributed by atoms with E-state index in [1.807, 2.05) is 6.07 Å². The fourth-order valence-corrected chi connectivity index (χ4v) is 4.40. The van der Waals surface area contributed by atoms with Crippen molar-refractivity contribution in [2.24, 2.45) is 5.10 Å². The molecule has 1 N–H and O–H groups in total. The molecule has 3 heterocycles. The Labute approximate surface area is 234 Å². The second kappa shape index (κ2) is 12.8. The Morgan fingerprint density at radius 3 is 2.23 bits per heavy atom. The molecule has 5 rings (SSSR count). The molecule has 2 fully saturated rings. The molecule has 204 valence electrons. The molecule has 39 heavy (non-hydrogen) atoms. The number of ether oxygens (including phenoxy) is 4. The number of aromatic nitrogens is 3. The van der Waals surface area contributed by atoms with Crippen LogP contribution in [0.3, 0.4) is 0 Å². The molecule has 2 aliphatic heterocycles. The third-order valence-corrected chi connectivity index (χ3v) is 6.52. The van der Waals surface area contributed by atoms with Crippen LogP contribution in [0.1, 0.15) is 15.9 Å². The molecule has 2 saturated heterocycles. The van der Waals surface area contributed by atoms with Gasteiger partial charge in [0.2, 0.25) is 17.8 Å². The van der Waals surface area contributed by atoms with E-state index >= 15 is 0 Å². The Hall–Kier alpha value is -3.81. The molecule has 2 aliphatic rings. The van der Waals surface area contributed by atoms with Gasteiger partial charge in [0.25, 0.3) is 0 Å². The van der Waals surface area contributed by atoms with Gasteiger partial charge in [-0.1, -0.05) is 22.0 Å². The van der Waals surface area contributed by atoms with Crippen molar-refractivity contribution in [3.05, 3.63) is 58.1 Å². The van der Waals surface area contributed by atoms with Crippen molar-refractivity contribution in [2.45, 2.75) is 0 Å².